The van der Waals surface area contributed by atoms with E-state index in [-0.39, 0.29) is 0 Å². The number of hydrogen-bond acceptors (Lipinski definition) is 2. The molecule has 0 aliphatic heterocycles. The lowest BCUT2D eigenvalue weighted by Crippen LogP contribution is -2.07. The number of esters is 1. The highest BCUT2D eigenvalue weighted by Gasteiger charge is 2.14. The Labute approximate surface area is 122 Å². The Morgan fingerprint density at radius 3 is 2.52 bits per heavy atom. The van der Waals surface area contributed by atoms with Crippen LogP contribution in [0.25, 0.3) is 10.9 Å². The zero-order valence-corrected chi connectivity index (χ0v) is 11.5. The molecule has 3 heteroatoms. The summed E-state index contributed by atoms with van der Waals surface area (Å²) in [5.74, 6) is 2.67. The molecular formula is C18H13NO2. The summed E-state index contributed by atoms with van der Waals surface area (Å²) in [6.45, 7) is 0. The zero-order chi connectivity index (χ0) is 14.7. The van der Waals surface area contributed by atoms with E-state index in [1.54, 1.807) is 10.6 Å². The van der Waals surface area contributed by atoms with E-state index in [0.717, 1.165) is 16.5 Å². The highest BCUT2D eigenvalue weighted by Crippen LogP contribution is 2.19. The van der Waals surface area contributed by atoms with E-state index in [0.29, 0.717) is 5.69 Å². The van der Waals surface area contributed by atoms with Gasteiger partial charge in [0.15, 0.2) is 0 Å². The number of rotatable bonds is 1. The first-order chi connectivity index (χ1) is 10.3. The highest BCUT2D eigenvalue weighted by atomic mass is 16.5. The Bertz CT molecular complexity index is 851. The average molecular weight is 275 g/mol. The standard InChI is InChI=1S/C18H13NO2/c1-21-18(20)17-13-15-9-5-6-10-16(15)19(17)12-11-14-7-3-2-4-8-14/h2-10,13H,1H3. The van der Waals surface area contributed by atoms with Gasteiger partial charge < -0.3 is 4.74 Å². The molecule has 1 aromatic heterocycles. The molecule has 0 aliphatic rings. The fraction of sp³-hybridized carbons (Fsp3) is 0.0556. The Kier molecular flexibility index (Phi) is 3.44. The maximum atomic E-state index is 11.9. The molecule has 0 atom stereocenters. The normalized spacial score (nSPS) is 9.95. The molecule has 0 fully saturated rings. The number of fused-ring (bicyclic) bond motifs is 1. The minimum Gasteiger partial charge on any atom is -0.464 e. The van der Waals surface area contributed by atoms with Gasteiger partial charge in [0, 0.05) is 17.0 Å². The van der Waals surface area contributed by atoms with Crippen LogP contribution in [0.3, 0.4) is 0 Å². The van der Waals surface area contributed by atoms with Crippen molar-refractivity contribution < 1.29 is 9.53 Å². The lowest BCUT2D eigenvalue weighted by molar-refractivity contribution is 0.0592. The van der Waals surface area contributed by atoms with Gasteiger partial charge >= 0.3 is 5.97 Å². The quantitative estimate of drug-likeness (QED) is 0.504. The first-order valence-corrected chi connectivity index (χ1v) is 6.55. The van der Waals surface area contributed by atoms with Crippen molar-refractivity contribution in [3.05, 3.63) is 71.9 Å². The number of aromatic nitrogens is 1. The van der Waals surface area contributed by atoms with Crippen LogP contribution >= 0.6 is 0 Å². The molecule has 0 spiro atoms. The molecule has 3 nitrogen and oxygen atoms in total. The third-order valence-corrected chi connectivity index (χ3v) is 3.19. The predicted molar refractivity (Wildman–Crippen MR) is 82.0 cm³/mol. The van der Waals surface area contributed by atoms with Gasteiger partial charge in [-0.2, -0.15) is 0 Å². The van der Waals surface area contributed by atoms with Gasteiger partial charge in [0.2, 0.25) is 0 Å². The molecule has 3 aromatic rings. The van der Waals surface area contributed by atoms with Gasteiger partial charge in [0.05, 0.1) is 12.6 Å². The zero-order valence-electron chi connectivity index (χ0n) is 11.5. The molecule has 0 bridgehead atoms. The fourth-order valence-corrected chi connectivity index (χ4v) is 2.17. The Hall–Kier alpha value is -2.99. The van der Waals surface area contributed by atoms with Gasteiger partial charge in [-0.15, -0.1) is 0 Å². The van der Waals surface area contributed by atoms with Gasteiger partial charge in [0.25, 0.3) is 0 Å². The molecule has 102 valence electrons. The van der Waals surface area contributed by atoms with Gasteiger partial charge in [-0.05, 0) is 30.2 Å². The number of hydrogen-bond donors (Lipinski definition) is 0. The number of para-hydroxylation sites is 1. The molecule has 0 saturated carbocycles. The van der Waals surface area contributed by atoms with Crippen LogP contribution in [-0.2, 0) is 4.74 Å². The molecule has 0 amide bonds. The van der Waals surface area contributed by atoms with Crippen molar-refractivity contribution in [2.75, 3.05) is 7.11 Å². The average Bonchev–Trinajstić information content (AvgIpc) is 2.92. The van der Waals surface area contributed by atoms with Gasteiger partial charge in [-0.25, -0.2) is 4.79 Å². The molecular weight excluding hydrogens is 262 g/mol. The Morgan fingerprint density at radius 1 is 1.05 bits per heavy atom. The highest BCUT2D eigenvalue weighted by molar-refractivity contribution is 5.96. The minimum absolute atomic E-state index is 0.395. The van der Waals surface area contributed by atoms with Crippen LogP contribution in [0.5, 0.6) is 0 Å². The smallest absolute Gasteiger partial charge is 0.355 e. The van der Waals surface area contributed by atoms with Crippen LogP contribution in [0.1, 0.15) is 16.1 Å². The van der Waals surface area contributed by atoms with Crippen LogP contribution in [0.15, 0.2) is 60.7 Å². The third kappa shape index (κ3) is 2.52. The summed E-state index contributed by atoms with van der Waals surface area (Å²) >= 11 is 0. The molecule has 21 heavy (non-hydrogen) atoms. The second kappa shape index (κ2) is 5.56. The summed E-state index contributed by atoms with van der Waals surface area (Å²) in [5, 5.41) is 0.959. The van der Waals surface area contributed by atoms with Crippen molar-refractivity contribution in [3.8, 4) is 12.0 Å². The SMILES string of the molecule is COC(=O)c1cc2ccccc2n1C#Cc1ccccc1. The Morgan fingerprint density at radius 2 is 1.76 bits per heavy atom. The minimum atomic E-state index is -0.395. The molecule has 0 unspecified atom stereocenters. The van der Waals surface area contributed by atoms with E-state index in [1.165, 1.54) is 7.11 Å². The summed E-state index contributed by atoms with van der Waals surface area (Å²) in [4.78, 5) is 11.9. The lowest BCUT2D eigenvalue weighted by Gasteiger charge is -2.00. The molecule has 0 aliphatic carbocycles. The summed E-state index contributed by atoms with van der Waals surface area (Å²) in [6.07, 6.45) is 0. The van der Waals surface area contributed by atoms with E-state index < -0.39 is 5.97 Å². The van der Waals surface area contributed by atoms with Crippen molar-refractivity contribution in [2.24, 2.45) is 0 Å². The number of methoxy groups -OCH3 is 1. The van der Waals surface area contributed by atoms with Gasteiger partial charge in [0.1, 0.15) is 5.69 Å². The van der Waals surface area contributed by atoms with Crippen molar-refractivity contribution in [3.63, 3.8) is 0 Å². The van der Waals surface area contributed by atoms with Crippen molar-refractivity contribution >= 4 is 16.9 Å². The van der Waals surface area contributed by atoms with Crippen LogP contribution in [0.2, 0.25) is 0 Å². The molecule has 0 N–H and O–H groups in total. The number of nitrogens with zero attached hydrogens (tertiary/aromatic N) is 1. The predicted octanol–water partition coefficient (Wildman–Crippen LogP) is 3.29. The van der Waals surface area contributed by atoms with E-state index in [9.17, 15) is 4.79 Å². The maximum Gasteiger partial charge on any atom is 0.355 e. The summed E-state index contributed by atoms with van der Waals surface area (Å²) < 4.78 is 6.51. The number of ether oxygens (including phenoxy) is 1. The van der Waals surface area contributed by atoms with Gasteiger partial charge in [-0.3, -0.25) is 4.57 Å². The van der Waals surface area contributed by atoms with E-state index >= 15 is 0 Å². The lowest BCUT2D eigenvalue weighted by atomic mass is 10.2. The largest absolute Gasteiger partial charge is 0.464 e. The third-order valence-electron chi connectivity index (χ3n) is 3.19. The van der Waals surface area contributed by atoms with Crippen LogP contribution < -0.4 is 0 Å². The first kappa shape index (κ1) is 13.0. The molecule has 1 heterocycles. The van der Waals surface area contributed by atoms with Crippen molar-refractivity contribution in [1.82, 2.24) is 4.57 Å². The second-order valence-corrected chi connectivity index (χ2v) is 4.52. The van der Waals surface area contributed by atoms with E-state index in [1.807, 2.05) is 54.6 Å². The van der Waals surface area contributed by atoms with E-state index in [4.69, 9.17) is 4.74 Å². The summed E-state index contributed by atoms with van der Waals surface area (Å²) in [6, 6.07) is 22.2. The number of carbonyl (C=O) groups is 1. The molecule has 2 aromatic carbocycles. The fourth-order valence-electron chi connectivity index (χ4n) is 2.17. The van der Waals surface area contributed by atoms with Gasteiger partial charge in [-0.1, -0.05) is 36.4 Å². The Balaban J connectivity index is 2.16. The second-order valence-electron chi connectivity index (χ2n) is 4.52. The van der Waals surface area contributed by atoms with Crippen LogP contribution in [0.4, 0.5) is 0 Å². The first-order valence-electron chi connectivity index (χ1n) is 6.55. The number of carbonyl (C=O) groups excluding carboxylic acids is 1. The van der Waals surface area contributed by atoms with E-state index in [2.05, 4.69) is 12.0 Å². The van der Waals surface area contributed by atoms with Crippen LogP contribution in [0, 0.1) is 12.0 Å². The topological polar surface area (TPSA) is 31.2 Å². The molecule has 3 rings (SSSR count). The molecule has 0 saturated heterocycles. The molecule has 0 radical (unpaired) electrons. The van der Waals surface area contributed by atoms with Crippen molar-refractivity contribution in [2.45, 2.75) is 0 Å². The summed E-state index contributed by atoms with van der Waals surface area (Å²) in [5.41, 5.74) is 2.22. The maximum absolute atomic E-state index is 11.9. The number of benzene rings is 2. The summed E-state index contributed by atoms with van der Waals surface area (Å²) in [7, 11) is 1.37. The monoisotopic (exact) mass is 275 g/mol. The van der Waals surface area contributed by atoms with Crippen molar-refractivity contribution in [1.29, 1.82) is 0 Å². The van der Waals surface area contributed by atoms with Crippen LogP contribution in [-0.4, -0.2) is 17.6 Å².